The first-order valence-electron chi connectivity index (χ1n) is 8.72. The molecule has 27 heavy (non-hydrogen) atoms. The molecule has 0 aliphatic carbocycles. The zero-order chi connectivity index (χ0) is 19.2. The van der Waals surface area contributed by atoms with Crippen LogP contribution in [0.1, 0.15) is 29.3 Å². The third-order valence-corrected chi connectivity index (χ3v) is 4.88. The van der Waals surface area contributed by atoms with Gasteiger partial charge in [0, 0.05) is 22.6 Å². The molecule has 0 fully saturated rings. The summed E-state index contributed by atoms with van der Waals surface area (Å²) in [6.45, 7) is 2.17. The second-order valence-electron chi connectivity index (χ2n) is 6.04. The Morgan fingerprint density at radius 2 is 1.74 bits per heavy atom. The van der Waals surface area contributed by atoms with Crippen LogP contribution in [0.5, 0.6) is 11.5 Å². The lowest BCUT2D eigenvalue weighted by molar-refractivity contribution is 0.102. The number of aryl methyl sites for hydroxylation is 1. The molecule has 1 amide bonds. The lowest BCUT2D eigenvalue weighted by atomic mass is 10.1. The van der Waals surface area contributed by atoms with Gasteiger partial charge >= 0.3 is 0 Å². The SMILES string of the molecule is CCCc1ccc(-c2csc(NC(=O)c3cc(OC)cc(OC)c3)n2)cc1. The molecular weight excluding hydrogens is 360 g/mol. The van der Waals surface area contributed by atoms with E-state index in [1.54, 1.807) is 32.4 Å². The van der Waals surface area contributed by atoms with E-state index >= 15 is 0 Å². The van der Waals surface area contributed by atoms with E-state index in [1.807, 2.05) is 5.38 Å². The Labute approximate surface area is 163 Å². The predicted octanol–water partition coefficient (Wildman–Crippen LogP) is 5.03. The fraction of sp³-hybridized carbons (Fsp3) is 0.238. The molecule has 0 aliphatic heterocycles. The zero-order valence-corrected chi connectivity index (χ0v) is 16.4. The van der Waals surface area contributed by atoms with Crippen molar-refractivity contribution in [3.05, 3.63) is 59.0 Å². The van der Waals surface area contributed by atoms with Crippen LogP contribution in [0, 0.1) is 0 Å². The van der Waals surface area contributed by atoms with Crippen LogP contribution in [0.2, 0.25) is 0 Å². The second kappa shape index (κ2) is 8.68. The molecule has 140 valence electrons. The lowest BCUT2D eigenvalue weighted by Gasteiger charge is -2.08. The highest BCUT2D eigenvalue weighted by Gasteiger charge is 2.13. The van der Waals surface area contributed by atoms with Crippen LogP contribution in [-0.4, -0.2) is 25.1 Å². The van der Waals surface area contributed by atoms with Crippen molar-refractivity contribution in [2.45, 2.75) is 19.8 Å². The summed E-state index contributed by atoms with van der Waals surface area (Å²) in [6.07, 6.45) is 2.20. The summed E-state index contributed by atoms with van der Waals surface area (Å²) in [5, 5.41) is 5.33. The van der Waals surface area contributed by atoms with E-state index in [1.165, 1.54) is 16.9 Å². The third-order valence-electron chi connectivity index (χ3n) is 4.13. The number of carbonyl (C=O) groups excluding carboxylic acids is 1. The van der Waals surface area contributed by atoms with E-state index in [-0.39, 0.29) is 5.91 Å². The Kier molecular flexibility index (Phi) is 6.08. The van der Waals surface area contributed by atoms with Crippen LogP contribution in [0.25, 0.3) is 11.3 Å². The molecule has 2 aromatic carbocycles. The number of rotatable bonds is 7. The summed E-state index contributed by atoms with van der Waals surface area (Å²) in [6, 6.07) is 13.4. The van der Waals surface area contributed by atoms with Crippen molar-refractivity contribution in [3.8, 4) is 22.8 Å². The van der Waals surface area contributed by atoms with Gasteiger partial charge in [0.05, 0.1) is 19.9 Å². The first-order chi connectivity index (χ1) is 13.1. The van der Waals surface area contributed by atoms with Crippen molar-refractivity contribution in [2.24, 2.45) is 0 Å². The molecule has 1 heterocycles. The Morgan fingerprint density at radius 3 is 2.33 bits per heavy atom. The van der Waals surface area contributed by atoms with Gasteiger partial charge in [0.1, 0.15) is 11.5 Å². The maximum absolute atomic E-state index is 12.6. The zero-order valence-electron chi connectivity index (χ0n) is 15.6. The summed E-state index contributed by atoms with van der Waals surface area (Å²) in [5.41, 5.74) is 3.65. The number of amides is 1. The van der Waals surface area contributed by atoms with Gasteiger partial charge in [-0.05, 0) is 24.1 Å². The van der Waals surface area contributed by atoms with Gasteiger partial charge in [0.25, 0.3) is 5.91 Å². The maximum Gasteiger partial charge on any atom is 0.257 e. The molecule has 0 bridgehead atoms. The number of nitrogens with one attached hydrogen (secondary N) is 1. The monoisotopic (exact) mass is 382 g/mol. The average Bonchev–Trinajstić information content (AvgIpc) is 3.16. The molecule has 0 unspecified atom stereocenters. The number of nitrogens with zero attached hydrogens (tertiary/aromatic N) is 1. The van der Waals surface area contributed by atoms with E-state index in [2.05, 4.69) is 41.5 Å². The first-order valence-corrected chi connectivity index (χ1v) is 9.60. The molecule has 6 heteroatoms. The number of methoxy groups -OCH3 is 2. The number of hydrogen-bond donors (Lipinski definition) is 1. The minimum absolute atomic E-state index is 0.258. The van der Waals surface area contributed by atoms with Gasteiger partial charge in [0.2, 0.25) is 0 Å². The molecule has 5 nitrogen and oxygen atoms in total. The van der Waals surface area contributed by atoms with E-state index in [9.17, 15) is 4.79 Å². The third kappa shape index (κ3) is 4.65. The maximum atomic E-state index is 12.6. The molecule has 0 atom stereocenters. The summed E-state index contributed by atoms with van der Waals surface area (Å²) in [5.74, 6) is 0.865. The van der Waals surface area contributed by atoms with Crippen molar-refractivity contribution in [1.29, 1.82) is 0 Å². The van der Waals surface area contributed by atoms with Gasteiger partial charge in [-0.25, -0.2) is 4.98 Å². The Bertz CT molecular complexity index is 897. The molecule has 3 aromatic rings. The normalized spacial score (nSPS) is 10.5. The van der Waals surface area contributed by atoms with Crippen molar-refractivity contribution < 1.29 is 14.3 Å². The Hall–Kier alpha value is -2.86. The number of carbonyl (C=O) groups is 1. The minimum Gasteiger partial charge on any atom is -0.497 e. The van der Waals surface area contributed by atoms with Crippen LogP contribution in [-0.2, 0) is 6.42 Å². The van der Waals surface area contributed by atoms with Gasteiger partial charge in [-0.2, -0.15) is 0 Å². The van der Waals surface area contributed by atoms with Crippen LogP contribution in [0.15, 0.2) is 47.8 Å². The fourth-order valence-corrected chi connectivity index (χ4v) is 3.42. The number of hydrogen-bond acceptors (Lipinski definition) is 5. The summed E-state index contributed by atoms with van der Waals surface area (Å²) < 4.78 is 10.4. The standard InChI is InChI=1S/C21H22N2O3S/c1-4-5-14-6-8-15(9-7-14)19-13-27-21(22-19)23-20(24)16-10-17(25-2)12-18(11-16)26-3/h6-13H,4-5H2,1-3H3,(H,22,23,24). The molecule has 0 aliphatic rings. The molecular formula is C21H22N2O3S. The van der Waals surface area contributed by atoms with Gasteiger partial charge in [-0.3, -0.25) is 10.1 Å². The quantitative estimate of drug-likeness (QED) is 0.622. The number of thiazole rings is 1. The highest BCUT2D eigenvalue weighted by Crippen LogP contribution is 2.27. The van der Waals surface area contributed by atoms with Gasteiger partial charge in [-0.15, -0.1) is 11.3 Å². The van der Waals surface area contributed by atoms with Gasteiger partial charge < -0.3 is 9.47 Å². The van der Waals surface area contributed by atoms with E-state index < -0.39 is 0 Å². The Balaban J connectivity index is 1.74. The lowest BCUT2D eigenvalue weighted by Crippen LogP contribution is -2.12. The van der Waals surface area contributed by atoms with Crippen molar-refractivity contribution in [3.63, 3.8) is 0 Å². The minimum atomic E-state index is -0.258. The van der Waals surface area contributed by atoms with Crippen LogP contribution >= 0.6 is 11.3 Å². The average molecular weight is 382 g/mol. The fourth-order valence-electron chi connectivity index (χ4n) is 2.70. The molecule has 0 saturated carbocycles. The molecule has 3 rings (SSSR count). The summed E-state index contributed by atoms with van der Waals surface area (Å²) >= 11 is 1.40. The first kappa shape index (κ1) is 18.9. The molecule has 0 radical (unpaired) electrons. The van der Waals surface area contributed by atoms with Crippen molar-refractivity contribution in [2.75, 3.05) is 19.5 Å². The van der Waals surface area contributed by atoms with E-state index in [0.717, 1.165) is 24.1 Å². The van der Waals surface area contributed by atoms with Crippen molar-refractivity contribution in [1.82, 2.24) is 4.98 Å². The highest BCUT2D eigenvalue weighted by molar-refractivity contribution is 7.14. The van der Waals surface area contributed by atoms with Crippen LogP contribution in [0.3, 0.4) is 0 Å². The highest BCUT2D eigenvalue weighted by atomic mass is 32.1. The number of benzene rings is 2. The summed E-state index contributed by atoms with van der Waals surface area (Å²) in [4.78, 5) is 17.1. The van der Waals surface area contributed by atoms with Gasteiger partial charge in [0.15, 0.2) is 5.13 Å². The molecule has 0 saturated heterocycles. The molecule has 1 aromatic heterocycles. The predicted molar refractivity (Wildman–Crippen MR) is 109 cm³/mol. The molecule has 1 N–H and O–H groups in total. The number of aromatic nitrogens is 1. The summed E-state index contributed by atoms with van der Waals surface area (Å²) in [7, 11) is 3.10. The largest absolute Gasteiger partial charge is 0.497 e. The van der Waals surface area contributed by atoms with Crippen LogP contribution < -0.4 is 14.8 Å². The molecule has 0 spiro atoms. The van der Waals surface area contributed by atoms with E-state index in [4.69, 9.17) is 9.47 Å². The Morgan fingerprint density at radius 1 is 1.07 bits per heavy atom. The second-order valence-corrected chi connectivity index (χ2v) is 6.90. The number of anilines is 1. The van der Waals surface area contributed by atoms with E-state index in [0.29, 0.717) is 22.2 Å². The van der Waals surface area contributed by atoms with Crippen LogP contribution in [0.4, 0.5) is 5.13 Å². The smallest absolute Gasteiger partial charge is 0.257 e. The topological polar surface area (TPSA) is 60.5 Å². The van der Waals surface area contributed by atoms with Crippen molar-refractivity contribution >= 4 is 22.4 Å². The van der Waals surface area contributed by atoms with Gasteiger partial charge in [-0.1, -0.05) is 37.6 Å². The number of ether oxygens (including phenoxy) is 2.